The van der Waals surface area contributed by atoms with Crippen molar-refractivity contribution in [1.82, 2.24) is 14.6 Å². The van der Waals surface area contributed by atoms with E-state index in [2.05, 4.69) is 25.9 Å². The van der Waals surface area contributed by atoms with E-state index >= 15 is 0 Å². The predicted octanol–water partition coefficient (Wildman–Crippen LogP) is 2.58. The standard InChI is InChI=1S/C15H19BrN4O2/c1-3-22-15(21)11-5-8-19(9-6-11)14-12-4-7-17-20(12)13(16)10(2)18-14/h4,7,11H,3,5-6,8-9H2,1-2H3. The van der Waals surface area contributed by atoms with Gasteiger partial charge in [0.1, 0.15) is 10.1 Å². The van der Waals surface area contributed by atoms with Crippen LogP contribution in [0.15, 0.2) is 16.9 Å². The number of ether oxygens (including phenoxy) is 1. The zero-order chi connectivity index (χ0) is 15.7. The molecule has 0 aromatic carbocycles. The first-order valence-electron chi connectivity index (χ1n) is 7.53. The van der Waals surface area contributed by atoms with Crippen molar-refractivity contribution < 1.29 is 9.53 Å². The van der Waals surface area contributed by atoms with Gasteiger partial charge < -0.3 is 9.64 Å². The fraction of sp³-hybridized carbons (Fsp3) is 0.533. The van der Waals surface area contributed by atoms with Gasteiger partial charge in [-0.1, -0.05) is 0 Å². The molecule has 0 N–H and O–H groups in total. The lowest BCUT2D eigenvalue weighted by Crippen LogP contribution is -2.37. The minimum Gasteiger partial charge on any atom is -0.466 e. The molecule has 22 heavy (non-hydrogen) atoms. The predicted molar refractivity (Wildman–Crippen MR) is 87.0 cm³/mol. The maximum Gasteiger partial charge on any atom is 0.309 e. The van der Waals surface area contributed by atoms with Gasteiger partial charge in [-0.2, -0.15) is 5.10 Å². The molecular formula is C15H19BrN4O2. The van der Waals surface area contributed by atoms with Crippen molar-refractivity contribution in [3.63, 3.8) is 0 Å². The molecule has 1 saturated heterocycles. The van der Waals surface area contributed by atoms with E-state index in [-0.39, 0.29) is 11.9 Å². The quantitative estimate of drug-likeness (QED) is 0.781. The Morgan fingerprint density at radius 2 is 2.18 bits per heavy atom. The average molecular weight is 367 g/mol. The molecule has 1 aliphatic rings. The number of hydrogen-bond donors (Lipinski definition) is 0. The van der Waals surface area contributed by atoms with E-state index in [1.807, 2.05) is 24.4 Å². The van der Waals surface area contributed by atoms with Gasteiger partial charge in [-0.15, -0.1) is 0 Å². The second kappa shape index (κ2) is 6.24. The molecule has 0 spiro atoms. The molecule has 3 heterocycles. The van der Waals surface area contributed by atoms with Crippen LogP contribution < -0.4 is 4.90 Å². The Morgan fingerprint density at radius 1 is 1.45 bits per heavy atom. The number of anilines is 1. The average Bonchev–Trinajstić information content (AvgIpc) is 3.01. The Hall–Kier alpha value is -1.63. The molecule has 0 bridgehead atoms. The summed E-state index contributed by atoms with van der Waals surface area (Å²) in [5, 5.41) is 4.33. The Kier molecular flexibility index (Phi) is 4.33. The SMILES string of the molecule is CCOC(=O)C1CCN(c2nc(C)c(Br)n3nccc23)CC1. The van der Waals surface area contributed by atoms with Crippen LogP contribution in [-0.2, 0) is 9.53 Å². The largest absolute Gasteiger partial charge is 0.466 e. The molecule has 3 rings (SSSR count). The Balaban J connectivity index is 1.81. The van der Waals surface area contributed by atoms with Gasteiger partial charge in [-0.25, -0.2) is 9.50 Å². The van der Waals surface area contributed by atoms with Crippen molar-refractivity contribution in [2.24, 2.45) is 5.92 Å². The molecule has 0 unspecified atom stereocenters. The summed E-state index contributed by atoms with van der Waals surface area (Å²) in [6.45, 7) is 5.86. The normalized spacial score (nSPS) is 16.2. The fourth-order valence-electron chi connectivity index (χ4n) is 2.86. The number of carbonyl (C=O) groups excluding carboxylic acids is 1. The molecule has 0 atom stereocenters. The first kappa shape index (κ1) is 15.3. The van der Waals surface area contributed by atoms with Crippen LogP contribution in [0.2, 0.25) is 0 Å². The van der Waals surface area contributed by atoms with E-state index in [0.717, 1.165) is 47.6 Å². The number of esters is 1. The summed E-state index contributed by atoms with van der Waals surface area (Å²) < 4.78 is 7.85. The number of aromatic nitrogens is 3. The van der Waals surface area contributed by atoms with Crippen molar-refractivity contribution in [3.8, 4) is 0 Å². The van der Waals surface area contributed by atoms with Crippen molar-refractivity contribution >= 4 is 33.2 Å². The molecule has 2 aromatic heterocycles. The van der Waals surface area contributed by atoms with Crippen molar-refractivity contribution in [1.29, 1.82) is 0 Å². The number of carbonyl (C=O) groups is 1. The molecule has 0 saturated carbocycles. The summed E-state index contributed by atoms with van der Waals surface area (Å²) in [5.74, 6) is 0.866. The molecule has 0 aliphatic carbocycles. The third-order valence-electron chi connectivity index (χ3n) is 4.04. The molecule has 6 nitrogen and oxygen atoms in total. The van der Waals surface area contributed by atoms with Gasteiger partial charge in [-0.3, -0.25) is 4.79 Å². The van der Waals surface area contributed by atoms with Crippen LogP contribution in [0.5, 0.6) is 0 Å². The molecule has 1 aliphatic heterocycles. The molecule has 118 valence electrons. The second-order valence-corrected chi connectivity index (χ2v) is 6.20. The summed E-state index contributed by atoms with van der Waals surface area (Å²) in [6.07, 6.45) is 3.38. The summed E-state index contributed by atoms with van der Waals surface area (Å²) in [5.41, 5.74) is 1.88. The minimum atomic E-state index is -0.0726. The summed E-state index contributed by atoms with van der Waals surface area (Å²) >= 11 is 3.52. The summed E-state index contributed by atoms with van der Waals surface area (Å²) in [7, 11) is 0. The lowest BCUT2D eigenvalue weighted by Gasteiger charge is -2.32. The van der Waals surface area contributed by atoms with Gasteiger partial charge in [-0.05, 0) is 48.7 Å². The Labute approximate surface area is 137 Å². The van der Waals surface area contributed by atoms with E-state index in [9.17, 15) is 4.79 Å². The van der Waals surface area contributed by atoms with Crippen LogP contribution in [0.25, 0.3) is 5.52 Å². The van der Waals surface area contributed by atoms with Gasteiger partial charge >= 0.3 is 5.97 Å². The number of piperidine rings is 1. The van der Waals surface area contributed by atoms with Gasteiger partial charge in [0, 0.05) is 13.1 Å². The zero-order valence-electron chi connectivity index (χ0n) is 12.8. The second-order valence-electron chi connectivity index (χ2n) is 5.45. The summed E-state index contributed by atoms with van der Waals surface area (Å²) in [6, 6.07) is 1.96. The van der Waals surface area contributed by atoms with Crippen LogP contribution >= 0.6 is 15.9 Å². The first-order chi connectivity index (χ1) is 10.6. The highest BCUT2D eigenvalue weighted by atomic mass is 79.9. The highest BCUT2D eigenvalue weighted by Gasteiger charge is 2.28. The number of rotatable bonds is 3. The number of hydrogen-bond acceptors (Lipinski definition) is 5. The monoisotopic (exact) mass is 366 g/mol. The van der Waals surface area contributed by atoms with Gasteiger partial charge in [0.25, 0.3) is 0 Å². The number of nitrogens with zero attached hydrogens (tertiary/aromatic N) is 4. The third kappa shape index (κ3) is 2.69. The van der Waals surface area contributed by atoms with Gasteiger partial charge in [0.2, 0.25) is 0 Å². The zero-order valence-corrected chi connectivity index (χ0v) is 14.3. The van der Waals surface area contributed by atoms with Crippen molar-refractivity contribution in [2.75, 3.05) is 24.6 Å². The third-order valence-corrected chi connectivity index (χ3v) is 4.95. The molecule has 0 amide bonds. The summed E-state index contributed by atoms with van der Waals surface area (Å²) in [4.78, 5) is 18.8. The van der Waals surface area contributed by atoms with Crippen molar-refractivity contribution in [2.45, 2.75) is 26.7 Å². The van der Waals surface area contributed by atoms with E-state index in [0.29, 0.717) is 6.61 Å². The lowest BCUT2D eigenvalue weighted by atomic mass is 9.97. The van der Waals surface area contributed by atoms with Crippen molar-refractivity contribution in [3.05, 3.63) is 22.6 Å². The molecule has 2 aromatic rings. The van der Waals surface area contributed by atoms with E-state index < -0.39 is 0 Å². The highest BCUT2D eigenvalue weighted by molar-refractivity contribution is 9.10. The number of halogens is 1. The maximum absolute atomic E-state index is 11.8. The van der Waals surface area contributed by atoms with E-state index in [1.54, 1.807) is 6.20 Å². The van der Waals surface area contributed by atoms with E-state index in [1.165, 1.54) is 0 Å². The topological polar surface area (TPSA) is 59.7 Å². The first-order valence-corrected chi connectivity index (χ1v) is 8.32. The van der Waals surface area contributed by atoms with Crippen LogP contribution in [0.1, 0.15) is 25.5 Å². The molecule has 1 fully saturated rings. The van der Waals surface area contributed by atoms with Gasteiger partial charge in [0.15, 0.2) is 5.82 Å². The van der Waals surface area contributed by atoms with Crippen LogP contribution in [-0.4, -0.2) is 40.3 Å². The Morgan fingerprint density at radius 3 is 2.86 bits per heavy atom. The molecular weight excluding hydrogens is 348 g/mol. The van der Waals surface area contributed by atoms with Crippen LogP contribution in [0, 0.1) is 12.8 Å². The lowest BCUT2D eigenvalue weighted by molar-refractivity contribution is -0.148. The maximum atomic E-state index is 11.8. The van der Waals surface area contributed by atoms with Crippen LogP contribution in [0.4, 0.5) is 5.82 Å². The van der Waals surface area contributed by atoms with Crippen LogP contribution in [0.3, 0.4) is 0 Å². The van der Waals surface area contributed by atoms with E-state index in [4.69, 9.17) is 9.72 Å². The van der Waals surface area contributed by atoms with Gasteiger partial charge in [0.05, 0.1) is 24.4 Å². The number of aryl methyl sites for hydroxylation is 1. The highest BCUT2D eigenvalue weighted by Crippen LogP contribution is 2.29. The fourth-order valence-corrected chi connectivity index (χ4v) is 3.24. The number of fused-ring (bicyclic) bond motifs is 1. The molecule has 0 radical (unpaired) electrons. The minimum absolute atomic E-state index is 0.00803. The smallest absolute Gasteiger partial charge is 0.309 e. The Bertz CT molecular complexity index is 692. The molecule has 7 heteroatoms.